The quantitative estimate of drug-likeness (QED) is 0.676. The molecule has 4 nitrogen and oxygen atoms in total. The van der Waals surface area contributed by atoms with Gasteiger partial charge in [0.25, 0.3) is 10.0 Å². The maximum absolute atomic E-state index is 12.2. The molecule has 23 heavy (non-hydrogen) atoms. The Morgan fingerprint density at radius 2 is 1.70 bits per heavy atom. The van der Waals surface area contributed by atoms with E-state index < -0.39 is 10.0 Å². The van der Waals surface area contributed by atoms with Crippen LogP contribution in [0.4, 0.5) is 0 Å². The topological polar surface area (TPSA) is 58.5 Å². The van der Waals surface area contributed by atoms with Gasteiger partial charge in [-0.25, -0.2) is 4.83 Å². The highest BCUT2D eigenvalue weighted by Crippen LogP contribution is 2.42. The van der Waals surface area contributed by atoms with Gasteiger partial charge in [0.05, 0.1) is 4.90 Å². The van der Waals surface area contributed by atoms with Crippen molar-refractivity contribution in [3.8, 4) is 0 Å². The summed E-state index contributed by atoms with van der Waals surface area (Å²) in [5, 5.41) is 4.05. The second-order valence-corrected chi connectivity index (χ2v) is 7.70. The van der Waals surface area contributed by atoms with Crippen LogP contribution in [-0.2, 0) is 15.4 Å². The molecule has 0 atom stereocenters. The van der Waals surface area contributed by atoms with Crippen LogP contribution in [0.25, 0.3) is 0 Å². The third-order valence-corrected chi connectivity index (χ3v) is 5.65. The van der Waals surface area contributed by atoms with Gasteiger partial charge in [0.2, 0.25) is 0 Å². The molecule has 1 N–H and O–H groups in total. The summed E-state index contributed by atoms with van der Waals surface area (Å²) in [7, 11) is -3.61. The number of aryl methyl sites for hydroxylation is 1. The van der Waals surface area contributed by atoms with Crippen molar-refractivity contribution in [1.29, 1.82) is 0 Å². The van der Waals surface area contributed by atoms with Crippen LogP contribution in [0.3, 0.4) is 0 Å². The highest BCUT2D eigenvalue weighted by Gasteiger charge is 2.37. The molecule has 5 heteroatoms. The summed E-state index contributed by atoms with van der Waals surface area (Å²) >= 11 is 0. The number of nitrogens with zero attached hydrogens (tertiary/aromatic N) is 1. The van der Waals surface area contributed by atoms with Gasteiger partial charge in [0.15, 0.2) is 0 Å². The maximum atomic E-state index is 12.2. The van der Waals surface area contributed by atoms with Crippen LogP contribution in [0.2, 0.25) is 0 Å². The number of sulfonamides is 1. The predicted molar refractivity (Wildman–Crippen MR) is 92.0 cm³/mol. The Hall–Kier alpha value is -2.14. The molecule has 0 amide bonds. The second-order valence-electron chi connectivity index (χ2n) is 6.04. The lowest BCUT2D eigenvalue weighted by Gasteiger charge is -2.38. The van der Waals surface area contributed by atoms with Crippen molar-refractivity contribution in [2.75, 3.05) is 0 Å². The lowest BCUT2D eigenvalue weighted by atomic mass is 9.65. The minimum Gasteiger partial charge on any atom is -0.200 e. The second kappa shape index (κ2) is 6.16. The van der Waals surface area contributed by atoms with Gasteiger partial charge < -0.3 is 0 Å². The average Bonchev–Trinajstić information content (AvgIpc) is 2.51. The van der Waals surface area contributed by atoms with E-state index in [2.05, 4.69) is 22.1 Å². The van der Waals surface area contributed by atoms with Crippen molar-refractivity contribution in [3.05, 3.63) is 65.7 Å². The first kappa shape index (κ1) is 15.7. The Labute approximate surface area is 137 Å². The number of rotatable bonds is 5. The SMILES string of the molecule is Cc1ccc(S(=O)(=O)NN=CC2(c3ccccc3)CCC2)cc1. The Kier molecular flexibility index (Phi) is 4.22. The van der Waals surface area contributed by atoms with Crippen LogP contribution in [0.15, 0.2) is 64.6 Å². The Morgan fingerprint density at radius 1 is 1.04 bits per heavy atom. The van der Waals surface area contributed by atoms with Crippen LogP contribution in [-0.4, -0.2) is 14.6 Å². The highest BCUT2D eigenvalue weighted by atomic mass is 32.2. The summed E-state index contributed by atoms with van der Waals surface area (Å²) in [6.45, 7) is 1.92. The normalized spacial score (nSPS) is 16.9. The zero-order valence-corrected chi connectivity index (χ0v) is 13.9. The van der Waals surface area contributed by atoms with E-state index in [-0.39, 0.29) is 10.3 Å². The molecule has 0 radical (unpaired) electrons. The van der Waals surface area contributed by atoms with Crippen molar-refractivity contribution in [1.82, 2.24) is 4.83 Å². The molecule has 1 aliphatic rings. The van der Waals surface area contributed by atoms with E-state index >= 15 is 0 Å². The van der Waals surface area contributed by atoms with Gasteiger partial charge >= 0.3 is 0 Å². The van der Waals surface area contributed by atoms with E-state index in [0.29, 0.717) is 0 Å². The Morgan fingerprint density at radius 3 is 2.26 bits per heavy atom. The summed E-state index contributed by atoms with van der Waals surface area (Å²) in [4.78, 5) is 2.55. The molecule has 1 aliphatic carbocycles. The zero-order chi connectivity index (χ0) is 16.3. The molecule has 2 aromatic rings. The summed E-state index contributed by atoms with van der Waals surface area (Å²) in [6.07, 6.45) is 4.86. The monoisotopic (exact) mass is 328 g/mol. The van der Waals surface area contributed by atoms with Crippen LogP contribution < -0.4 is 4.83 Å². The largest absolute Gasteiger partial charge is 0.276 e. The van der Waals surface area contributed by atoms with Gasteiger partial charge in [0, 0.05) is 11.6 Å². The van der Waals surface area contributed by atoms with Crippen LogP contribution >= 0.6 is 0 Å². The molecule has 1 fully saturated rings. The first-order chi connectivity index (χ1) is 11.0. The fourth-order valence-electron chi connectivity index (χ4n) is 2.81. The Balaban J connectivity index is 1.76. The van der Waals surface area contributed by atoms with Gasteiger partial charge in [-0.2, -0.15) is 13.5 Å². The van der Waals surface area contributed by atoms with Gasteiger partial charge in [-0.15, -0.1) is 0 Å². The number of nitrogens with one attached hydrogen (secondary N) is 1. The van der Waals surface area contributed by atoms with Gasteiger partial charge in [-0.05, 0) is 37.5 Å². The smallest absolute Gasteiger partial charge is 0.200 e. The Bertz CT molecular complexity index is 793. The van der Waals surface area contributed by atoms with Crippen molar-refractivity contribution in [3.63, 3.8) is 0 Å². The molecular formula is C18H20N2O2S. The first-order valence-corrected chi connectivity index (χ1v) is 9.18. The van der Waals surface area contributed by atoms with Crippen LogP contribution in [0.1, 0.15) is 30.4 Å². The van der Waals surface area contributed by atoms with E-state index in [4.69, 9.17) is 0 Å². The fraction of sp³-hybridized carbons (Fsp3) is 0.278. The molecule has 0 unspecified atom stereocenters. The van der Waals surface area contributed by atoms with Crippen LogP contribution in [0, 0.1) is 6.92 Å². The molecule has 0 bridgehead atoms. The molecule has 2 aromatic carbocycles. The minimum absolute atomic E-state index is 0.142. The first-order valence-electron chi connectivity index (χ1n) is 7.70. The number of hydrogen-bond donors (Lipinski definition) is 1. The van der Waals surface area contributed by atoms with Crippen LogP contribution in [0.5, 0.6) is 0 Å². The fourth-order valence-corrected chi connectivity index (χ4v) is 3.60. The molecule has 0 aromatic heterocycles. The zero-order valence-electron chi connectivity index (χ0n) is 13.1. The predicted octanol–water partition coefficient (Wildman–Crippen LogP) is 3.38. The molecule has 0 heterocycles. The van der Waals surface area contributed by atoms with Crippen molar-refractivity contribution < 1.29 is 8.42 Å². The van der Waals surface area contributed by atoms with E-state index in [1.807, 2.05) is 25.1 Å². The van der Waals surface area contributed by atoms with Gasteiger partial charge in [0.1, 0.15) is 0 Å². The summed E-state index contributed by atoms with van der Waals surface area (Å²) in [6, 6.07) is 16.8. The molecule has 0 spiro atoms. The molecule has 120 valence electrons. The lowest BCUT2D eigenvalue weighted by Crippen LogP contribution is -2.36. The van der Waals surface area contributed by atoms with E-state index in [1.54, 1.807) is 30.5 Å². The maximum Gasteiger partial charge on any atom is 0.276 e. The van der Waals surface area contributed by atoms with Gasteiger partial charge in [-0.3, -0.25) is 0 Å². The number of hydrogen-bond acceptors (Lipinski definition) is 3. The van der Waals surface area contributed by atoms with Crippen molar-refractivity contribution in [2.45, 2.75) is 36.5 Å². The van der Waals surface area contributed by atoms with Crippen molar-refractivity contribution in [2.24, 2.45) is 5.10 Å². The van der Waals surface area contributed by atoms with E-state index in [0.717, 1.165) is 24.8 Å². The summed E-state index contributed by atoms with van der Waals surface area (Å²) in [5.41, 5.74) is 2.06. The number of hydrazone groups is 1. The third kappa shape index (κ3) is 3.29. The summed E-state index contributed by atoms with van der Waals surface area (Å²) in [5.74, 6) is 0. The van der Waals surface area contributed by atoms with E-state index in [1.165, 1.54) is 5.56 Å². The standard InChI is InChI=1S/C18H20N2O2S/c1-15-8-10-17(11-9-15)23(21,22)20-19-14-18(12-5-13-18)16-6-3-2-4-7-16/h2-4,6-11,14,20H,5,12-13H2,1H3. The molecule has 3 rings (SSSR count). The van der Waals surface area contributed by atoms with E-state index in [9.17, 15) is 8.42 Å². The highest BCUT2D eigenvalue weighted by molar-refractivity contribution is 7.89. The molecule has 1 saturated carbocycles. The molecule has 0 aliphatic heterocycles. The molecular weight excluding hydrogens is 308 g/mol. The minimum atomic E-state index is -3.61. The summed E-state index contributed by atoms with van der Waals surface area (Å²) < 4.78 is 24.5. The average molecular weight is 328 g/mol. The number of benzene rings is 2. The van der Waals surface area contributed by atoms with Crippen molar-refractivity contribution >= 4 is 16.2 Å². The van der Waals surface area contributed by atoms with Gasteiger partial charge in [-0.1, -0.05) is 54.4 Å². The third-order valence-electron chi connectivity index (χ3n) is 4.41. The lowest BCUT2D eigenvalue weighted by molar-refractivity contribution is 0.347. The molecule has 0 saturated heterocycles.